The maximum absolute atomic E-state index is 11.5. The zero-order valence-corrected chi connectivity index (χ0v) is 11.0. The summed E-state index contributed by atoms with van der Waals surface area (Å²) in [5, 5.41) is 3.23. The van der Waals surface area contributed by atoms with Crippen LogP contribution in [0.4, 0.5) is 0 Å². The first kappa shape index (κ1) is 12.4. The van der Waals surface area contributed by atoms with E-state index in [0.717, 1.165) is 31.6 Å². The summed E-state index contributed by atoms with van der Waals surface area (Å²) < 4.78 is 0. The second-order valence-corrected chi connectivity index (χ2v) is 6.59. The van der Waals surface area contributed by atoms with Crippen molar-refractivity contribution in [3.8, 4) is 0 Å². The monoisotopic (exact) mass is 279 g/mol. The topological polar surface area (TPSA) is 29.1 Å². The fourth-order valence-electron chi connectivity index (χ4n) is 1.49. The van der Waals surface area contributed by atoms with Crippen molar-refractivity contribution in [2.75, 3.05) is 12.3 Å². The van der Waals surface area contributed by atoms with E-state index < -0.39 is 0 Å². The minimum absolute atomic E-state index is 0.233. The lowest BCUT2D eigenvalue weighted by Gasteiger charge is -2.09. The summed E-state index contributed by atoms with van der Waals surface area (Å²) in [4.78, 5) is 12.1. The van der Waals surface area contributed by atoms with Crippen molar-refractivity contribution in [2.45, 2.75) is 42.7 Å². The third kappa shape index (κ3) is 4.69. The standard InChI is InChI=1S/C10H18BrNOS/c1-8(11)4-2-6-12-10(13)9-5-3-7-14-9/h8-9H,2-7H2,1H3,(H,12,13). The molecule has 2 unspecified atom stereocenters. The highest BCUT2D eigenvalue weighted by atomic mass is 79.9. The van der Waals surface area contributed by atoms with Crippen LogP contribution in [0.5, 0.6) is 0 Å². The molecule has 1 aliphatic heterocycles. The molecule has 4 heteroatoms. The van der Waals surface area contributed by atoms with Gasteiger partial charge in [-0.25, -0.2) is 0 Å². The molecular weight excluding hydrogens is 262 g/mol. The zero-order valence-electron chi connectivity index (χ0n) is 8.59. The quantitative estimate of drug-likeness (QED) is 0.619. The molecule has 0 radical (unpaired) electrons. The summed E-state index contributed by atoms with van der Waals surface area (Å²) in [5.74, 6) is 1.39. The summed E-state index contributed by atoms with van der Waals surface area (Å²) in [6, 6.07) is 0. The van der Waals surface area contributed by atoms with Crippen LogP contribution < -0.4 is 5.32 Å². The van der Waals surface area contributed by atoms with Gasteiger partial charge in [0.1, 0.15) is 0 Å². The summed E-state index contributed by atoms with van der Waals surface area (Å²) in [6.07, 6.45) is 4.44. The molecule has 1 fully saturated rings. The van der Waals surface area contributed by atoms with Gasteiger partial charge < -0.3 is 5.32 Å². The molecular formula is C10H18BrNOS. The predicted molar refractivity (Wildman–Crippen MR) is 66.1 cm³/mol. The van der Waals surface area contributed by atoms with Crippen molar-refractivity contribution >= 4 is 33.6 Å². The fourth-order valence-corrected chi connectivity index (χ4v) is 3.00. The van der Waals surface area contributed by atoms with Crippen LogP contribution in [0.2, 0.25) is 0 Å². The number of hydrogen-bond donors (Lipinski definition) is 1. The molecule has 1 N–H and O–H groups in total. The molecule has 2 atom stereocenters. The maximum Gasteiger partial charge on any atom is 0.233 e. The predicted octanol–water partition coefficient (Wildman–Crippen LogP) is 2.56. The van der Waals surface area contributed by atoms with E-state index in [1.165, 1.54) is 6.42 Å². The zero-order chi connectivity index (χ0) is 10.4. The largest absolute Gasteiger partial charge is 0.355 e. The van der Waals surface area contributed by atoms with E-state index in [1.54, 1.807) is 11.8 Å². The number of carbonyl (C=O) groups is 1. The Kier molecular flexibility index (Phi) is 5.94. The van der Waals surface area contributed by atoms with Gasteiger partial charge in [-0.05, 0) is 31.4 Å². The van der Waals surface area contributed by atoms with Crippen LogP contribution in [0.3, 0.4) is 0 Å². The summed E-state index contributed by atoms with van der Waals surface area (Å²) in [5.41, 5.74) is 0. The molecule has 14 heavy (non-hydrogen) atoms. The molecule has 0 bridgehead atoms. The number of halogens is 1. The van der Waals surface area contributed by atoms with E-state index in [4.69, 9.17) is 0 Å². The molecule has 1 aliphatic rings. The summed E-state index contributed by atoms with van der Waals surface area (Å²) in [6.45, 7) is 2.96. The first-order valence-electron chi connectivity index (χ1n) is 5.23. The number of alkyl halides is 1. The lowest BCUT2D eigenvalue weighted by molar-refractivity contribution is -0.120. The van der Waals surface area contributed by atoms with E-state index in [0.29, 0.717) is 4.83 Å². The lowest BCUT2D eigenvalue weighted by Crippen LogP contribution is -2.32. The number of hydrogen-bond acceptors (Lipinski definition) is 2. The van der Waals surface area contributed by atoms with Gasteiger partial charge in [0, 0.05) is 11.4 Å². The van der Waals surface area contributed by atoms with Crippen LogP contribution in [0.15, 0.2) is 0 Å². The van der Waals surface area contributed by atoms with E-state index in [-0.39, 0.29) is 11.2 Å². The Labute approximate surface area is 98.7 Å². The van der Waals surface area contributed by atoms with Crippen molar-refractivity contribution in [1.82, 2.24) is 5.32 Å². The first-order valence-corrected chi connectivity index (χ1v) is 7.20. The minimum Gasteiger partial charge on any atom is -0.355 e. The Hall–Kier alpha value is 0.300. The van der Waals surface area contributed by atoms with Crippen LogP contribution in [0.1, 0.15) is 32.6 Å². The minimum atomic E-state index is 0.233. The van der Waals surface area contributed by atoms with Gasteiger partial charge in [0.15, 0.2) is 0 Å². The van der Waals surface area contributed by atoms with Crippen molar-refractivity contribution in [1.29, 1.82) is 0 Å². The lowest BCUT2D eigenvalue weighted by atomic mass is 10.2. The third-order valence-electron chi connectivity index (χ3n) is 2.30. The van der Waals surface area contributed by atoms with Crippen LogP contribution in [0, 0.1) is 0 Å². The highest BCUT2D eigenvalue weighted by molar-refractivity contribution is 9.09. The van der Waals surface area contributed by atoms with Gasteiger partial charge in [0.2, 0.25) is 5.91 Å². The van der Waals surface area contributed by atoms with Crippen LogP contribution in [-0.4, -0.2) is 28.3 Å². The highest BCUT2D eigenvalue weighted by Crippen LogP contribution is 2.25. The van der Waals surface area contributed by atoms with E-state index in [2.05, 4.69) is 28.2 Å². The molecule has 82 valence electrons. The number of amides is 1. The molecule has 0 aromatic carbocycles. The van der Waals surface area contributed by atoms with Crippen molar-refractivity contribution < 1.29 is 4.79 Å². The summed E-state index contributed by atoms with van der Waals surface area (Å²) in [7, 11) is 0. The normalized spacial score (nSPS) is 23.4. The Morgan fingerprint density at radius 2 is 2.50 bits per heavy atom. The van der Waals surface area contributed by atoms with Gasteiger partial charge in [-0.15, -0.1) is 11.8 Å². The Morgan fingerprint density at radius 3 is 3.07 bits per heavy atom. The molecule has 0 aromatic rings. The second-order valence-electron chi connectivity index (χ2n) is 3.72. The fraction of sp³-hybridized carbons (Fsp3) is 0.900. The smallest absolute Gasteiger partial charge is 0.233 e. The van der Waals surface area contributed by atoms with Gasteiger partial charge in [-0.3, -0.25) is 4.79 Å². The third-order valence-corrected chi connectivity index (χ3v) is 4.13. The van der Waals surface area contributed by atoms with Gasteiger partial charge in [-0.1, -0.05) is 22.9 Å². The SMILES string of the molecule is CC(Br)CCCNC(=O)C1CCCS1. The van der Waals surface area contributed by atoms with E-state index in [9.17, 15) is 4.79 Å². The van der Waals surface area contributed by atoms with Crippen molar-refractivity contribution in [3.05, 3.63) is 0 Å². The highest BCUT2D eigenvalue weighted by Gasteiger charge is 2.22. The summed E-state index contributed by atoms with van der Waals surface area (Å²) >= 11 is 5.28. The van der Waals surface area contributed by atoms with E-state index in [1.807, 2.05) is 0 Å². The van der Waals surface area contributed by atoms with Crippen molar-refractivity contribution in [2.24, 2.45) is 0 Å². The Bertz CT molecular complexity index is 181. The Morgan fingerprint density at radius 1 is 1.71 bits per heavy atom. The average molecular weight is 280 g/mol. The number of thioether (sulfide) groups is 1. The van der Waals surface area contributed by atoms with Crippen LogP contribution in [-0.2, 0) is 4.79 Å². The van der Waals surface area contributed by atoms with Gasteiger partial charge in [-0.2, -0.15) is 0 Å². The second kappa shape index (κ2) is 6.72. The average Bonchev–Trinajstić information content (AvgIpc) is 2.64. The molecule has 2 nitrogen and oxygen atoms in total. The van der Waals surface area contributed by atoms with Gasteiger partial charge in [0.05, 0.1) is 5.25 Å². The van der Waals surface area contributed by atoms with E-state index >= 15 is 0 Å². The van der Waals surface area contributed by atoms with Crippen LogP contribution >= 0.6 is 27.7 Å². The molecule has 1 saturated heterocycles. The first-order chi connectivity index (χ1) is 6.70. The molecule has 1 rings (SSSR count). The molecule has 0 aliphatic carbocycles. The molecule has 0 spiro atoms. The number of nitrogens with one attached hydrogen (secondary N) is 1. The van der Waals surface area contributed by atoms with Crippen LogP contribution in [0.25, 0.3) is 0 Å². The Balaban J connectivity index is 2.03. The van der Waals surface area contributed by atoms with Gasteiger partial charge >= 0.3 is 0 Å². The molecule has 0 aromatic heterocycles. The molecule has 0 saturated carbocycles. The van der Waals surface area contributed by atoms with Gasteiger partial charge in [0.25, 0.3) is 0 Å². The number of rotatable bonds is 5. The molecule has 1 amide bonds. The number of carbonyl (C=O) groups excluding carboxylic acids is 1. The molecule has 1 heterocycles. The maximum atomic E-state index is 11.5. The van der Waals surface area contributed by atoms with Crippen molar-refractivity contribution in [3.63, 3.8) is 0 Å².